The maximum Gasteiger partial charge on any atom is 0.185 e. The second-order valence-corrected chi connectivity index (χ2v) is 7.19. The van der Waals surface area contributed by atoms with Crippen LogP contribution in [0.5, 0.6) is 5.75 Å². The molecule has 0 unspecified atom stereocenters. The highest BCUT2D eigenvalue weighted by molar-refractivity contribution is 9.10. The third-order valence-corrected chi connectivity index (χ3v) is 5.15. The molecule has 2 rings (SSSR count). The molecule has 0 saturated carbocycles. The van der Waals surface area contributed by atoms with E-state index in [1.54, 1.807) is 36.4 Å². The van der Waals surface area contributed by atoms with Crippen LogP contribution in [0.15, 0.2) is 57.9 Å². The predicted molar refractivity (Wildman–Crippen MR) is 83.5 cm³/mol. The third-order valence-electron chi connectivity index (χ3n) is 2.90. The molecule has 0 aliphatic rings. The Labute approximate surface area is 131 Å². The standard InChI is InChI=1S/C15H13BrO4S/c1-20-15-8-7-11(9-13(15)16)14(17)10-21(18,19)12-5-3-2-4-6-12/h2-9H,10H2,1H3. The van der Waals surface area contributed by atoms with Crippen molar-refractivity contribution in [3.63, 3.8) is 0 Å². The first kappa shape index (κ1) is 15.7. The van der Waals surface area contributed by atoms with Gasteiger partial charge in [-0.15, -0.1) is 0 Å². The van der Waals surface area contributed by atoms with E-state index in [1.165, 1.54) is 19.2 Å². The number of carbonyl (C=O) groups excluding carboxylic acids is 1. The van der Waals surface area contributed by atoms with Gasteiger partial charge in [-0.1, -0.05) is 18.2 Å². The topological polar surface area (TPSA) is 60.4 Å². The lowest BCUT2D eigenvalue weighted by atomic mass is 10.1. The van der Waals surface area contributed by atoms with Gasteiger partial charge in [0.2, 0.25) is 0 Å². The Morgan fingerprint density at radius 3 is 2.38 bits per heavy atom. The number of hydrogen-bond donors (Lipinski definition) is 0. The van der Waals surface area contributed by atoms with E-state index in [2.05, 4.69) is 15.9 Å². The van der Waals surface area contributed by atoms with Crippen molar-refractivity contribution in [2.45, 2.75) is 4.90 Å². The minimum Gasteiger partial charge on any atom is -0.496 e. The van der Waals surface area contributed by atoms with Crippen LogP contribution in [0.1, 0.15) is 10.4 Å². The summed E-state index contributed by atoms with van der Waals surface area (Å²) < 4.78 is 30.0. The summed E-state index contributed by atoms with van der Waals surface area (Å²) in [4.78, 5) is 12.3. The van der Waals surface area contributed by atoms with Crippen molar-refractivity contribution in [1.82, 2.24) is 0 Å². The average molecular weight is 369 g/mol. The molecule has 0 amide bonds. The minimum absolute atomic E-state index is 0.144. The molecule has 0 spiro atoms. The van der Waals surface area contributed by atoms with Gasteiger partial charge >= 0.3 is 0 Å². The van der Waals surface area contributed by atoms with E-state index in [1.807, 2.05) is 0 Å². The second-order valence-electron chi connectivity index (χ2n) is 4.34. The Balaban J connectivity index is 2.24. The van der Waals surface area contributed by atoms with Crippen LogP contribution >= 0.6 is 15.9 Å². The maximum atomic E-state index is 12.2. The normalized spacial score (nSPS) is 11.1. The van der Waals surface area contributed by atoms with Gasteiger partial charge in [0.1, 0.15) is 11.5 Å². The molecule has 0 aliphatic heterocycles. The summed E-state index contributed by atoms with van der Waals surface area (Å²) in [6.07, 6.45) is 0. The van der Waals surface area contributed by atoms with Crippen LogP contribution in [0.4, 0.5) is 0 Å². The molecule has 0 N–H and O–H groups in total. The first-order valence-electron chi connectivity index (χ1n) is 6.08. The van der Waals surface area contributed by atoms with E-state index in [-0.39, 0.29) is 4.90 Å². The number of carbonyl (C=O) groups is 1. The number of halogens is 1. The molecule has 0 saturated heterocycles. The molecule has 21 heavy (non-hydrogen) atoms. The van der Waals surface area contributed by atoms with E-state index in [4.69, 9.17) is 4.74 Å². The second kappa shape index (κ2) is 6.41. The molecule has 0 aromatic heterocycles. The SMILES string of the molecule is COc1ccc(C(=O)CS(=O)(=O)c2ccccc2)cc1Br. The molecule has 0 bridgehead atoms. The summed E-state index contributed by atoms with van der Waals surface area (Å²) in [5, 5.41) is 0. The molecule has 2 aromatic rings. The Hall–Kier alpha value is -1.66. The molecule has 0 atom stereocenters. The number of ether oxygens (including phenoxy) is 1. The van der Waals surface area contributed by atoms with Crippen molar-refractivity contribution in [3.8, 4) is 5.75 Å². The van der Waals surface area contributed by atoms with Crippen molar-refractivity contribution < 1.29 is 17.9 Å². The molecule has 6 heteroatoms. The molecule has 2 aromatic carbocycles. The average Bonchev–Trinajstić information content (AvgIpc) is 2.47. The number of benzene rings is 2. The summed E-state index contributed by atoms with van der Waals surface area (Å²) >= 11 is 3.27. The highest BCUT2D eigenvalue weighted by Gasteiger charge is 2.20. The van der Waals surface area contributed by atoms with Gasteiger partial charge in [0.25, 0.3) is 0 Å². The van der Waals surface area contributed by atoms with Crippen LogP contribution in [0.3, 0.4) is 0 Å². The van der Waals surface area contributed by atoms with Crippen molar-refractivity contribution in [2.24, 2.45) is 0 Å². The number of hydrogen-bond acceptors (Lipinski definition) is 4. The van der Waals surface area contributed by atoms with Crippen LogP contribution in [0.2, 0.25) is 0 Å². The van der Waals surface area contributed by atoms with Gasteiger partial charge in [-0.05, 0) is 46.3 Å². The Morgan fingerprint density at radius 2 is 1.81 bits per heavy atom. The lowest BCUT2D eigenvalue weighted by Crippen LogP contribution is -2.16. The van der Waals surface area contributed by atoms with E-state index >= 15 is 0 Å². The number of methoxy groups -OCH3 is 1. The molecular formula is C15H13BrO4S. The van der Waals surface area contributed by atoms with Gasteiger partial charge in [0.15, 0.2) is 15.6 Å². The summed E-state index contributed by atoms with van der Waals surface area (Å²) in [5.74, 6) is -0.435. The molecular weight excluding hydrogens is 356 g/mol. The van der Waals surface area contributed by atoms with Gasteiger partial charge in [0, 0.05) is 5.56 Å². The Morgan fingerprint density at radius 1 is 1.14 bits per heavy atom. The number of rotatable bonds is 5. The monoisotopic (exact) mass is 368 g/mol. The zero-order chi connectivity index (χ0) is 15.5. The maximum absolute atomic E-state index is 12.2. The van der Waals surface area contributed by atoms with Crippen molar-refractivity contribution in [2.75, 3.05) is 12.9 Å². The lowest BCUT2D eigenvalue weighted by molar-refractivity contribution is 0.102. The first-order chi connectivity index (χ1) is 9.94. The predicted octanol–water partition coefficient (Wildman–Crippen LogP) is 3.11. The number of ketones is 1. The van der Waals surface area contributed by atoms with Gasteiger partial charge in [-0.25, -0.2) is 8.42 Å². The van der Waals surface area contributed by atoms with E-state index in [0.29, 0.717) is 15.8 Å². The third kappa shape index (κ3) is 3.71. The van der Waals surface area contributed by atoms with Crippen molar-refractivity contribution in [1.29, 1.82) is 0 Å². The van der Waals surface area contributed by atoms with Gasteiger partial charge in [-0.2, -0.15) is 0 Å². The summed E-state index contributed by atoms with van der Waals surface area (Å²) in [5.41, 5.74) is 0.321. The smallest absolute Gasteiger partial charge is 0.185 e. The van der Waals surface area contributed by atoms with Gasteiger partial charge < -0.3 is 4.74 Å². The van der Waals surface area contributed by atoms with Crippen LogP contribution in [0.25, 0.3) is 0 Å². The fourth-order valence-corrected chi connectivity index (χ4v) is 3.60. The zero-order valence-corrected chi connectivity index (χ0v) is 13.6. The largest absolute Gasteiger partial charge is 0.496 e. The lowest BCUT2D eigenvalue weighted by Gasteiger charge is -2.07. The number of Topliss-reactive ketones (excluding diaryl/α,β-unsaturated/α-hetero) is 1. The van der Waals surface area contributed by atoms with Crippen LogP contribution in [-0.4, -0.2) is 27.1 Å². The summed E-state index contributed by atoms with van der Waals surface area (Å²) in [6, 6.07) is 12.7. The minimum atomic E-state index is -3.63. The highest BCUT2D eigenvalue weighted by Crippen LogP contribution is 2.26. The molecule has 0 fully saturated rings. The molecule has 0 radical (unpaired) electrons. The summed E-state index contributed by atoms with van der Waals surface area (Å²) in [6.45, 7) is 0. The fraction of sp³-hybridized carbons (Fsp3) is 0.133. The van der Waals surface area contributed by atoms with E-state index in [0.717, 1.165) is 0 Å². The quantitative estimate of drug-likeness (QED) is 0.760. The van der Waals surface area contributed by atoms with Crippen molar-refractivity contribution in [3.05, 3.63) is 58.6 Å². The number of sulfone groups is 1. The molecule has 4 nitrogen and oxygen atoms in total. The van der Waals surface area contributed by atoms with E-state index in [9.17, 15) is 13.2 Å². The van der Waals surface area contributed by atoms with Crippen molar-refractivity contribution >= 4 is 31.6 Å². The Kier molecular flexibility index (Phi) is 4.80. The Bertz CT molecular complexity index is 754. The van der Waals surface area contributed by atoms with Crippen LogP contribution < -0.4 is 4.74 Å². The van der Waals surface area contributed by atoms with E-state index < -0.39 is 21.4 Å². The first-order valence-corrected chi connectivity index (χ1v) is 8.53. The molecule has 110 valence electrons. The zero-order valence-electron chi connectivity index (χ0n) is 11.2. The molecule has 0 aliphatic carbocycles. The van der Waals surface area contributed by atoms with Gasteiger partial charge in [0.05, 0.1) is 16.5 Å². The highest BCUT2D eigenvalue weighted by atomic mass is 79.9. The van der Waals surface area contributed by atoms with Gasteiger partial charge in [-0.3, -0.25) is 4.79 Å². The van der Waals surface area contributed by atoms with Crippen LogP contribution in [-0.2, 0) is 9.84 Å². The summed E-state index contributed by atoms with van der Waals surface area (Å²) in [7, 11) is -2.12. The fourth-order valence-electron chi connectivity index (χ4n) is 1.81. The van der Waals surface area contributed by atoms with Crippen LogP contribution in [0, 0.1) is 0 Å². The molecule has 0 heterocycles.